The molecule has 1 N–H and O–H groups in total. The molecule has 1 amide bonds. The maximum absolute atomic E-state index is 12.2. The molecular weight excluding hydrogens is 355 g/mol. The molecule has 2 aromatic carbocycles. The smallest absolute Gasteiger partial charge is 0.406 e. The predicted molar refractivity (Wildman–Crippen MR) is 88.5 cm³/mol. The lowest BCUT2D eigenvalue weighted by atomic mass is 10.1. The highest BCUT2D eigenvalue weighted by atomic mass is 19.4. The number of rotatable bonds is 5. The summed E-state index contributed by atoms with van der Waals surface area (Å²) >= 11 is 0. The average molecular weight is 369 g/mol. The summed E-state index contributed by atoms with van der Waals surface area (Å²) in [7, 11) is 3.26. The topological polar surface area (TPSA) is 84.7 Å². The third-order valence-corrected chi connectivity index (χ3v) is 3.26. The van der Waals surface area contributed by atoms with Crippen LogP contribution in [0.25, 0.3) is 0 Å². The Bertz CT molecular complexity index is 820. The Morgan fingerprint density at radius 3 is 2.27 bits per heavy atom. The van der Waals surface area contributed by atoms with Crippen molar-refractivity contribution in [2.75, 3.05) is 24.3 Å². The predicted octanol–water partition coefficient (Wildman–Crippen LogP) is 3.81. The van der Waals surface area contributed by atoms with E-state index in [2.05, 4.69) is 10.1 Å². The Kier molecular flexibility index (Phi) is 5.34. The van der Waals surface area contributed by atoms with Gasteiger partial charge in [0, 0.05) is 31.4 Å². The summed E-state index contributed by atoms with van der Waals surface area (Å²) in [6, 6.07) is 8.52. The van der Waals surface area contributed by atoms with Crippen LogP contribution in [-0.4, -0.2) is 31.3 Å². The summed E-state index contributed by atoms with van der Waals surface area (Å²) in [5.74, 6) is -1.07. The minimum absolute atomic E-state index is 0.0397. The Morgan fingerprint density at radius 1 is 1.15 bits per heavy atom. The molecule has 0 aliphatic carbocycles. The molecule has 7 nitrogen and oxygen atoms in total. The maximum Gasteiger partial charge on any atom is 0.573 e. The van der Waals surface area contributed by atoms with Gasteiger partial charge in [-0.25, -0.2) is 0 Å². The highest BCUT2D eigenvalue weighted by Crippen LogP contribution is 2.28. The summed E-state index contributed by atoms with van der Waals surface area (Å²) in [5, 5.41) is 13.6. The van der Waals surface area contributed by atoms with Crippen LogP contribution in [0.3, 0.4) is 0 Å². The molecule has 2 aromatic rings. The van der Waals surface area contributed by atoms with E-state index in [1.165, 1.54) is 24.3 Å². The van der Waals surface area contributed by atoms with Crippen molar-refractivity contribution in [1.82, 2.24) is 0 Å². The first-order valence-electron chi connectivity index (χ1n) is 7.20. The second kappa shape index (κ2) is 7.30. The number of ether oxygens (including phenoxy) is 1. The van der Waals surface area contributed by atoms with Crippen molar-refractivity contribution in [3.8, 4) is 5.75 Å². The molecule has 0 fully saturated rings. The molecule has 0 unspecified atom stereocenters. The van der Waals surface area contributed by atoms with Gasteiger partial charge in [-0.3, -0.25) is 14.9 Å². The van der Waals surface area contributed by atoms with E-state index >= 15 is 0 Å². The van der Waals surface area contributed by atoms with Crippen LogP contribution in [0.2, 0.25) is 0 Å². The summed E-state index contributed by atoms with van der Waals surface area (Å²) in [6.45, 7) is 0. The Morgan fingerprint density at radius 2 is 1.77 bits per heavy atom. The molecule has 138 valence electrons. The number of benzene rings is 2. The molecule has 2 rings (SSSR count). The number of nitro groups is 1. The largest absolute Gasteiger partial charge is 0.573 e. The fraction of sp³-hybridized carbons (Fsp3) is 0.188. The Labute approximate surface area is 146 Å². The molecule has 0 aliphatic heterocycles. The first kappa shape index (κ1) is 19.0. The van der Waals surface area contributed by atoms with Crippen LogP contribution < -0.4 is 15.0 Å². The Hall–Kier alpha value is -3.30. The molecule has 26 heavy (non-hydrogen) atoms. The second-order valence-electron chi connectivity index (χ2n) is 5.38. The van der Waals surface area contributed by atoms with Gasteiger partial charge in [0.25, 0.3) is 11.6 Å². The molecule has 0 radical (unpaired) electrons. The molecule has 0 aliphatic rings. The van der Waals surface area contributed by atoms with Gasteiger partial charge in [-0.1, -0.05) is 0 Å². The molecule has 0 bridgehead atoms. The van der Waals surface area contributed by atoms with Crippen LogP contribution in [0.4, 0.5) is 30.2 Å². The van der Waals surface area contributed by atoms with Crippen molar-refractivity contribution < 1.29 is 27.6 Å². The van der Waals surface area contributed by atoms with Gasteiger partial charge in [0.2, 0.25) is 0 Å². The minimum Gasteiger partial charge on any atom is -0.406 e. The maximum atomic E-state index is 12.2. The number of halogens is 3. The third-order valence-electron chi connectivity index (χ3n) is 3.26. The highest BCUT2D eigenvalue weighted by molar-refractivity contribution is 6.05. The van der Waals surface area contributed by atoms with Gasteiger partial charge in [-0.05, 0) is 36.4 Å². The van der Waals surface area contributed by atoms with Crippen molar-refractivity contribution >= 4 is 23.0 Å². The van der Waals surface area contributed by atoms with Crippen LogP contribution in [0, 0.1) is 10.1 Å². The van der Waals surface area contributed by atoms with Gasteiger partial charge in [0.05, 0.1) is 4.92 Å². The monoisotopic (exact) mass is 369 g/mol. The van der Waals surface area contributed by atoms with E-state index in [-0.39, 0.29) is 16.9 Å². The second-order valence-corrected chi connectivity index (χ2v) is 5.38. The number of hydrogen-bond acceptors (Lipinski definition) is 5. The van der Waals surface area contributed by atoms with E-state index in [9.17, 15) is 28.1 Å². The van der Waals surface area contributed by atoms with Gasteiger partial charge in [0.1, 0.15) is 11.4 Å². The zero-order valence-electron chi connectivity index (χ0n) is 13.7. The van der Waals surface area contributed by atoms with Crippen molar-refractivity contribution in [3.05, 3.63) is 58.1 Å². The number of nitrogens with one attached hydrogen (secondary N) is 1. The number of carbonyl (C=O) groups excluding carboxylic acids is 1. The fourth-order valence-corrected chi connectivity index (χ4v) is 2.13. The molecule has 0 atom stereocenters. The summed E-state index contributed by atoms with van der Waals surface area (Å²) < 4.78 is 40.1. The number of nitro benzene ring substituents is 1. The van der Waals surface area contributed by atoms with Crippen LogP contribution in [0.5, 0.6) is 5.75 Å². The van der Waals surface area contributed by atoms with Crippen LogP contribution in [0.15, 0.2) is 42.5 Å². The normalized spacial score (nSPS) is 11.0. The molecule has 0 heterocycles. The first-order chi connectivity index (χ1) is 12.1. The van der Waals surface area contributed by atoms with E-state index in [0.717, 1.165) is 18.2 Å². The molecule has 10 heteroatoms. The number of anilines is 2. The Balaban J connectivity index is 2.17. The first-order valence-corrected chi connectivity index (χ1v) is 7.20. The van der Waals surface area contributed by atoms with Crippen molar-refractivity contribution in [3.63, 3.8) is 0 Å². The number of carbonyl (C=O) groups is 1. The standard InChI is InChI=1S/C16H14F3N3O4/c1-21(2)13-8-3-10(9-14(13)22(24)25)15(23)20-11-4-6-12(7-5-11)26-16(17,18)19/h3-9H,1-2H3,(H,20,23). The number of alkyl halides is 3. The van der Waals surface area contributed by atoms with Gasteiger partial charge < -0.3 is 15.0 Å². The zero-order valence-corrected chi connectivity index (χ0v) is 13.7. The van der Waals surface area contributed by atoms with E-state index in [1.54, 1.807) is 19.0 Å². The average Bonchev–Trinajstić information content (AvgIpc) is 2.54. The van der Waals surface area contributed by atoms with Crippen molar-refractivity contribution in [2.45, 2.75) is 6.36 Å². The fourth-order valence-electron chi connectivity index (χ4n) is 2.13. The van der Waals surface area contributed by atoms with Crippen molar-refractivity contribution in [1.29, 1.82) is 0 Å². The zero-order chi connectivity index (χ0) is 19.5. The van der Waals surface area contributed by atoms with Crippen molar-refractivity contribution in [2.24, 2.45) is 0 Å². The molecule has 0 saturated heterocycles. The van der Waals surface area contributed by atoms with Crippen LogP contribution in [0.1, 0.15) is 10.4 Å². The van der Waals surface area contributed by atoms with Gasteiger partial charge in [-0.2, -0.15) is 0 Å². The SMILES string of the molecule is CN(C)c1ccc(C(=O)Nc2ccc(OC(F)(F)F)cc2)cc1[N+](=O)[O-]. The molecule has 0 saturated carbocycles. The lowest BCUT2D eigenvalue weighted by Crippen LogP contribution is -2.17. The van der Waals surface area contributed by atoms with Crippen LogP contribution >= 0.6 is 0 Å². The third kappa shape index (κ3) is 4.85. The van der Waals surface area contributed by atoms with Crippen LogP contribution in [-0.2, 0) is 0 Å². The summed E-state index contributed by atoms with van der Waals surface area (Å²) in [5.41, 5.74) is 0.346. The number of nitrogens with zero attached hydrogens (tertiary/aromatic N) is 2. The van der Waals surface area contributed by atoms with E-state index in [1.807, 2.05) is 0 Å². The summed E-state index contributed by atoms with van der Waals surface area (Å²) in [4.78, 5) is 24.3. The molecule has 0 spiro atoms. The lowest BCUT2D eigenvalue weighted by molar-refractivity contribution is -0.384. The quantitative estimate of drug-likeness (QED) is 0.640. The van der Waals surface area contributed by atoms with Gasteiger partial charge >= 0.3 is 6.36 Å². The van der Waals surface area contributed by atoms with Gasteiger partial charge in [-0.15, -0.1) is 13.2 Å². The van der Waals surface area contributed by atoms with E-state index < -0.39 is 22.9 Å². The summed E-state index contributed by atoms with van der Waals surface area (Å²) in [6.07, 6.45) is -4.81. The highest BCUT2D eigenvalue weighted by Gasteiger charge is 2.31. The van der Waals surface area contributed by atoms with E-state index in [0.29, 0.717) is 5.69 Å². The molecule has 0 aromatic heterocycles. The van der Waals surface area contributed by atoms with Gasteiger partial charge in [0.15, 0.2) is 0 Å². The number of hydrogen-bond donors (Lipinski definition) is 1. The molecular formula is C16H14F3N3O4. The number of amides is 1. The van der Waals surface area contributed by atoms with E-state index in [4.69, 9.17) is 0 Å². The lowest BCUT2D eigenvalue weighted by Gasteiger charge is -2.13. The minimum atomic E-state index is -4.81.